The predicted molar refractivity (Wildman–Crippen MR) is 111 cm³/mol. The molecule has 0 amide bonds. The smallest absolute Gasteiger partial charge is 0.441 e. The third-order valence-corrected chi connectivity index (χ3v) is 7.59. The lowest BCUT2D eigenvalue weighted by molar-refractivity contribution is -0.268. The lowest BCUT2D eigenvalue weighted by Gasteiger charge is -2.41. The summed E-state index contributed by atoms with van der Waals surface area (Å²) in [6.07, 6.45) is 5.28. The minimum atomic E-state index is -0.922. The van der Waals surface area contributed by atoms with Crippen LogP contribution in [0.3, 0.4) is 0 Å². The molecule has 8 nitrogen and oxygen atoms in total. The summed E-state index contributed by atoms with van der Waals surface area (Å²) in [4.78, 5) is 28.1. The SMILES string of the molecule is CCOC(=O)C(=[N+]=[N-])C(=O)C[C@]12CCC[C@H]1[C@@]13CCCC[C@@]1(O[C@@H](c1ccccc1)O3)O2. The quantitative estimate of drug-likeness (QED) is 0.220. The average molecular weight is 440 g/mol. The van der Waals surface area contributed by atoms with Crippen LogP contribution in [0.2, 0.25) is 0 Å². The molecule has 0 unspecified atom stereocenters. The van der Waals surface area contributed by atoms with Crippen molar-refractivity contribution in [3.8, 4) is 0 Å². The van der Waals surface area contributed by atoms with Gasteiger partial charge in [-0.3, -0.25) is 4.79 Å². The van der Waals surface area contributed by atoms with Crippen LogP contribution in [0.4, 0.5) is 0 Å². The maximum atomic E-state index is 13.0. The monoisotopic (exact) mass is 440 g/mol. The predicted octanol–water partition coefficient (Wildman–Crippen LogP) is 3.50. The largest absolute Gasteiger partial charge is 0.457 e. The van der Waals surface area contributed by atoms with E-state index < -0.39 is 40.7 Å². The Morgan fingerprint density at radius 2 is 1.91 bits per heavy atom. The maximum absolute atomic E-state index is 13.0. The number of ether oxygens (including phenoxy) is 4. The fourth-order valence-electron chi connectivity index (χ4n) is 6.44. The molecule has 5 rings (SSSR count). The van der Waals surface area contributed by atoms with E-state index in [-0.39, 0.29) is 18.9 Å². The van der Waals surface area contributed by atoms with Crippen molar-refractivity contribution in [2.45, 2.75) is 81.6 Å². The van der Waals surface area contributed by atoms with Crippen molar-refractivity contribution < 1.29 is 33.3 Å². The van der Waals surface area contributed by atoms with Gasteiger partial charge in [0, 0.05) is 24.3 Å². The first-order valence-corrected chi connectivity index (χ1v) is 11.5. The van der Waals surface area contributed by atoms with Crippen LogP contribution in [0.1, 0.15) is 70.1 Å². The number of benzene rings is 1. The first kappa shape index (κ1) is 21.5. The average Bonchev–Trinajstić information content (AvgIpc) is 3.39. The summed E-state index contributed by atoms with van der Waals surface area (Å²) in [6.45, 7) is 1.72. The van der Waals surface area contributed by atoms with E-state index in [2.05, 4.69) is 4.79 Å². The van der Waals surface area contributed by atoms with Gasteiger partial charge in [0.2, 0.25) is 5.79 Å². The van der Waals surface area contributed by atoms with E-state index >= 15 is 0 Å². The Kier molecular flexibility index (Phi) is 5.29. The number of nitrogens with zero attached hydrogens (tertiary/aromatic N) is 2. The second-order valence-electron chi connectivity index (χ2n) is 9.21. The number of fused-ring (bicyclic) bond motifs is 1. The zero-order valence-electron chi connectivity index (χ0n) is 18.2. The highest BCUT2D eigenvalue weighted by Crippen LogP contribution is 2.69. The Hall–Kier alpha value is -2.38. The van der Waals surface area contributed by atoms with E-state index in [1.807, 2.05) is 30.3 Å². The normalized spacial score (nSPS) is 37.2. The summed E-state index contributed by atoms with van der Waals surface area (Å²) in [5.41, 5.74) is 8.22. The molecule has 4 aliphatic rings. The maximum Gasteiger partial charge on any atom is 0.441 e. The molecule has 2 heterocycles. The van der Waals surface area contributed by atoms with Gasteiger partial charge in [0.15, 0.2) is 6.29 Å². The van der Waals surface area contributed by atoms with Gasteiger partial charge in [-0.1, -0.05) is 43.2 Å². The van der Waals surface area contributed by atoms with Crippen molar-refractivity contribution in [2.24, 2.45) is 5.92 Å². The van der Waals surface area contributed by atoms with Gasteiger partial charge in [0.05, 0.1) is 12.2 Å². The first-order valence-electron chi connectivity index (χ1n) is 11.5. The molecule has 32 heavy (non-hydrogen) atoms. The number of hydrogen-bond acceptors (Lipinski definition) is 6. The number of esters is 1. The van der Waals surface area contributed by atoms with E-state index in [9.17, 15) is 15.1 Å². The third kappa shape index (κ3) is 3.01. The van der Waals surface area contributed by atoms with E-state index in [1.54, 1.807) is 6.92 Å². The highest BCUT2D eigenvalue weighted by Gasteiger charge is 2.78. The van der Waals surface area contributed by atoms with Crippen molar-refractivity contribution in [1.82, 2.24) is 0 Å². The van der Waals surface area contributed by atoms with Gasteiger partial charge in [0.25, 0.3) is 5.78 Å². The summed E-state index contributed by atoms with van der Waals surface area (Å²) >= 11 is 0. The van der Waals surface area contributed by atoms with Gasteiger partial charge in [-0.15, -0.1) is 0 Å². The van der Waals surface area contributed by atoms with E-state index in [4.69, 9.17) is 18.9 Å². The zero-order chi connectivity index (χ0) is 22.4. The molecule has 2 saturated carbocycles. The van der Waals surface area contributed by atoms with Crippen molar-refractivity contribution in [3.63, 3.8) is 0 Å². The van der Waals surface area contributed by atoms with Crippen LogP contribution < -0.4 is 0 Å². The van der Waals surface area contributed by atoms with Crippen LogP contribution in [0.25, 0.3) is 5.53 Å². The number of carbonyl (C=O) groups is 2. The molecule has 0 bridgehead atoms. The third-order valence-electron chi connectivity index (χ3n) is 7.59. The molecule has 0 N–H and O–H groups in total. The molecule has 1 aromatic carbocycles. The molecule has 5 atom stereocenters. The molecule has 2 aliphatic carbocycles. The fraction of sp³-hybridized carbons (Fsp3) is 0.625. The van der Waals surface area contributed by atoms with Crippen LogP contribution in [0.15, 0.2) is 30.3 Å². The number of carbonyl (C=O) groups excluding carboxylic acids is 2. The van der Waals surface area contributed by atoms with Crippen LogP contribution >= 0.6 is 0 Å². The summed E-state index contributed by atoms with van der Waals surface area (Å²) in [7, 11) is 0. The minimum Gasteiger partial charge on any atom is -0.457 e. The zero-order valence-corrected chi connectivity index (χ0v) is 18.2. The molecule has 2 aliphatic heterocycles. The van der Waals surface area contributed by atoms with Gasteiger partial charge < -0.3 is 24.5 Å². The minimum absolute atomic E-state index is 0.0462. The van der Waals surface area contributed by atoms with Crippen molar-refractivity contribution in [2.75, 3.05) is 6.61 Å². The Labute approximate surface area is 186 Å². The second kappa shape index (κ2) is 7.89. The number of ketones is 1. The van der Waals surface area contributed by atoms with Gasteiger partial charge in [-0.25, -0.2) is 4.79 Å². The summed E-state index contributed by atoms with van der Waals surface area (Å²) in [5, 5.41) is 0. The molecule has 170 valence electrons. The highest BCUT2D eigenvalue weighted by molar-refractivity contribution is 6.62. The summed E-state index contributed by atoms with van der Waals surface area (Å²) in [6, 6.07) is 9.84. The van der Waals surface area contributed by atoms with E-state index in [1.165, 1.54) is 0 Å². The van der Waals surface area contributed by atoms with Crippen LogP contribution in [-0.4, -0.2) is 45.9 Å². The molecule has 0 spiro atoms. The lowest BCUT2D eigenvalue weighted by atomic mass is 9.69. The standard InChI is InChI=1S/C24H28N2O6/c1-2-29-20(28)19(26-25)17(27)15-22-12-8-11-18(22)23-13-6-7-14-24(23,32-22)31-21(30-23)16-9-4-3-5-10-16/h3-5,9-10,18,21H,2,6-8,11-15H2,1H3/t18-,21+,22-,23+,24-/m1/s1. The number of Topliss-reactive ketones (excluding diaryl/α,β-unsaturated/α-hetero) is 1. The first-order chi connectivity index (χ1) is 15.5. The Bertz CT molecular complexity index is 976. The Morgan fingerprint density at radius 3 is 2.66 bits per heavy atom. The van der Waals surface area contributed by atoms with Crippen molar-refractivity contribution in [3.05, 3.63) is 41.4 Å². The molecular formula is C24H28N2O6. The van der Waals surface area contributed by atoms with Crippen molar-refractivity contribution in [1.29, 1.82) is 0 Å². The molecule has 8 heteroatoms. The van der Waals surface area contributed by atoms with E-state index in [0.717, 1.165) is 37.7 Å². The molecule has 4 fully saturated rings. The van der Waals surface area contributed by atoms with Gasteiger partial charge >= 0.3 is 11.7 Å². The Balaban J connectivity index is 1.47. The molecular weight excluding hydrogens is 412 g/mol. The molecule has 2 saturated heterocycles. The van der Waals surface area contributed by atoms with Crippen LogP contribution in [0, 0.1) is 5.92 Å². The second-order valence-corrected chi connectivity index (χ2v) is 9.21. The molecule has 0 radical (unpaired) electrons. The van der Waals surface area contributed by atoms with Gasteiger partial charge in [-0.05, 0) is 32.6 Å². The summed E-state index contributed by atoms with van der Waals surface area (Å²) < 4.78 is 24.9. The van der Waals surface area contributed by atoms with Gasteiger partial charge in [-0.2, -0.15) is 4.79 Å². The van der Waals surface area contributed by atoms with Crippen molar-refractivity contribution >= 4 is 17.5 Å². The van der Waals surface area contributed by atoms with E-state index in [0.29, 0.717) is 12.8 Å². The highest BCUT2D eigenvalue weighted by atomic mass is 16.8. The topological polar surface area (TPSA) is 107 Å². The summed E-state index contributed by atoms with van der Waals surface area (Å²) in [5.74, 6) is -2.47. The Morgan fingerprint density at radius 1 is 1.12 bits per heavy atom. The lowest BCUT2D eigenvalue weighted by Crippen LogP contribution is -2.54. The van der Waals surface area contributed by atoms with Gasteiger partial charge in [0.1, 0.15) is 5.60 Å². The molecule has 1 aromatic rings. The fourth-order valence-corrected chi connectivity index (χ4v) is 6.44. The van der Waals surface area contributed by atoms with Crippen LogP contribution in [0.5, 0.6) is 0 Å². The van der Waals surface area contributed by atoms with Crippen LogP contribution in [-0.2, 0) is 28.5 Å². The number of rotatable bonds is 6. The molecule has 0 aromatic heterocycles. The number of hydrogen-bond donors (Lipinski definition) is 0.